The maximum atomic E-state index is 12.6. The van der Waals surface area contributed by atoms with Gasteiger partial charge in [-0.1, -0.05) is 41.4 Å². The number of benzene rings is 3. The highest BCUT2D eigenvalue weighted by atomic mass is 35.5. The van der Waals surface area contributed by atoms with E-state index in [1.165, 1.54) is 55.6 Å². The zero-order chi connectivity index (χ0) is 22.6. The number of nitrogens with one attached hydrogen (secondary N) is 2. The third-order valence-corrected chi connectivity index (χ3v) is 6.18. The number of amides is 1. The summed E-state index contributed by atoms with van der Waals surface area (Å²) in [5.41, 5.74) is 0.731. The molecule has 0 bridgehead atoms. The number of rotatable bonds is 6. The lowest BCUT2D eigenvalue weighted by Crippen LogP contribution is -2.15. The summed E-state index contributed by atoms with van der Waals surface area (Å²) in [4.78, 5) is 24.4. The lowest BCUT2D eigenvalue weighted by atomic mass is 10.1. The van der Waals surface area contributed by atoms with E-state index in [4.69, 9.17) is 23.2 Å². The Kier molecular flexibility index (Phi) is 6.84. The monoisotopic (exact) mass is 478 g/mol. The lowest BCUT2D eigenvalue weighted by Gasteiger charge is -2.12. The number of carbonyl (C=O) groups excluding carboxylic acids is 2. The van der Waals surface area contributed by atoms with Crippen molar-refractivity contribution in [2.75, 3.05) is 17.1 Å². The van der Waals surface area contributed by atoms with Crippen LogP contribution in [0.3, 0.4) is 0 Å². The number of carbonyl (C=O) groups is 2. The Morgan fingerprint density at radius 3 is 2.26 bits per heavy atom. The van der Waals surface area contributed by atoms with Gasteiger partial charge in [0, 0.05) is 11.3 Å². The summed E-state index contributed by atoms with van der Waals surface area (Å²) in [6, 6.07) is 16.3. The van der Waals surface area contributed by atoms with Crippen molar-refractivity contribution in [3.63, 3.8) is 0 Å². The number of hydrogen-bond acceptors (Lipinski definition) is 5. The number of hydrogen-bond donors (Lipinski definition) is 2. The Hall–Kier alpha value is -3.07. The van der Waals surface area contributed by atoms with E-state index in [1.54, 1.807) is 18.2 Å². The van der Waals surface area contributed by atoms with Crippen LogP contribution >= 0.6 is 23.2 Å². The molecule has 31 heavy (non-hydrogen) atoms. The molecular weight excluding hydrogens is 463 g/mol. The van der Waals surface area contributed by atoms with Gasteiger partial charge < -0.3 is 10.1 Å². The Morgan fingerprint density at radius 2 is 1.61 bits per heavy atom. The number of halogens is 2. The molecule has 160 valence electrons. The number of methoxy groups -OCH3 is 1. The first kappa shape index (κ1) is 22.6. The minimum atomic E-state index is -3.83. The Bertz CT molecular complexity index is 1250. The molecule has 0 saturated heterocycles. The van der Waals surface area contributed by atoms with Gasteiger partial charge in [0.25, 0.3) is 15.9 Å². The van der Waals surface area contributed by atoms with E-state index >= 15 is 0 Å². The van der Waals surface area contributed by atoms with Crippen molar-refractivity contribution in [1.82, 2.24) is 0 Å². The predicted octanol–water partition coefficient (Wildman–Crippen LogP) is 4.83. The number of sulfonamides is 1. The second-order valence-electron chi connectivity index (χ2n) is 6.25. The molecule has 0 unspecified atom stereocenters. The fourth-order valence-corrected chi connectivity index (χ4v) is 4.19. The van der Waals surface area contributed by atoms with Crippen LogP contribution in [0.15, 0.2) is 71.6 Å². The highest BCUT2D eigenvalue weighted by molar-refractivity contribution is 7.92. The van der Waals surface area contributed by atoms with Crippen LogP contribution in [0.1, 0.15) is 20.7 Å². The standard InChI is InChI=1S/C21H16Cl2N2O5S/c1-30-21(27)16-12-14(8-9-17(16)22)24-20(26)13-7-10-19(18(23)11-13)25-31(28,29)15-5-3-2-4-6-15/h2-12,25H,1H3,(H,24,26). The van der Waals surface area contributed by atoms with Gasteiger partial charge >= 0.3 is 5.97 Å². The van der Waals surface area contributed by atoms with Gasteiger partial charge in [-0.05, 0) is 48.5 Å². The van der Waals surface area contributed by atoms with E-state index in [-0.39, 0.29) is 31.8 Å². The first-order valence-corrected chi connectivity index (χ1v) is 11.0. The fourth-order valence-electron chi connectivity index (χ4n) is 2.62. The average Bonchev–Trinajstić information content (AvgIpc) is 2.76. The van der Waals surface area contributed by atoms with Crippen LogP contribution in [0, 0.1) is 0 Å². The van der Waals surface area contributed by atoms with E-state index < -0.39 is 21.9 Å². The molecule has 0 atom stereocenters. The predicted molar refractivity (Wildman–Crippen MR) is 119 cm³/mol. The van der Waals surface area contributed by atoms with Gasteiger partial charge in [-0.15, -0.1) is 0 Å². The number of esters is 1. The van der Waals surface area contributed by atoms with E-state index in [0.717, 1.165) is 0 Å². The maximum absolute atomic E-state index is 12.6. The lowest BCUT2D eigenvalue weighted by molar-refractivity contribution is 0.0600. The molecule has 0 radical (unpaired) electrons. The molecule has 0 aliphatic rings. The second-order valence-corrected chi connectivity index (χ2v) is 8.75. The average molecular weight is 479 g/mol. The van der Waals surface area contributed by atoms with Gasteiger partial charge in [0.1, 0.15) is 0 Å². The van der Waals surface area contributed by atoms with Crippen molar-refractivity contribution in [1.29, 1.82) is 0 Å². The van der Waals surface area contributed by atoms with Crippen LogP contribution < -0.4 is 10.0 Å². The van der Waals surface area contributed by atoms with Gasteiger partial charge in [-0.2, -0.15) is 0 Å². The van der Waals surface area contributed by atoms with Crippen molar-refractivity contribution < 1.29 is 22.7 Å². The van der Waals surface area contributed by atoms with Gasteiger partial charge in [-0.25, -0.2) is 13.2 Å². The SMILES string of the molecule is COC(=O)c1cc(NC(=O)c2ccc(NS(=O)(=O)c3ccccc3)c(Cl)c2)ccc1Cl. The summed E-state index contributed by atoms with van der Waals surface area (Å²) in [6.07, 6.45) is 0. The normalized spacial score (nSPS) is 10.9. The maximum Gasteiger partial charge on any atom is 0.339 e. The molecule has 0 heterocycles. The molecule has 3 aromatic rings. The quantitative estimate of drug-likeness (QED) is 0.493. The summed E-state index contributed by atoms with van der Waals surface area (Å²) in [5, 5.41) is 2.85. The molecular formula is C21H16Cl2N2O5S. The van der Waals surface area contributed by atoms with Crippen molar-refractivity contribution >= 4 is 56.5 Å². The van der Waals surface area contributed by atoms with Crippen molar-refractivity contribution in [3.05, 3.63) is 87.9 Å². The molecule has 0 aromatic heterocycles. The molecule has 0 saturated carbocycles. The summed E-state index contributed by atoms with van der Waals surface area (Å²) in [5.74, 6) is -1.16. The first-order chi connectivity index (χ1) is 14.7. The van der Waals surface area contributed by atoms with E-state index in [2.05, 4.69) is 14.8 Å². The third kappa shape index (κ3) is 5.35. The third-order valence-electron chi connectivity index (χ3n) is 4.16. The highest BCUT2D eigenvalue weighted by Gasteiger charge is 2.17. The van der Waals surface area contributed by atoms with Crippen LogP contribution in [-0.4, -0.2) is 27.4 Å². The summed E-state index contributed by atoms with van der Waals surface area (Å²) < 4.78 is 32.0. The smallest absolute Gasteiger partial charge is 0.339 e. The van der Waals surface area contributed by atoms with Crippen molar-refractivity contribution in [3.8, 4) is 0 Å². The zero-order valence-electron chi connectivity index (χ0n) is 16.1. The minimum Gasteiger partial charge on any atom is -0.465 e. The first-order valence-electron chi connectivity index (χ1n) is 8.78. The van der Waals surface area contributed by atoms with E-state index in [9.17, 15) is 18.0 Å². The van der Waals surface area contributed by atoms with Gasteiger partial charge in [-0.3, -0.25) is 9.52 Å². The van der Waals surface area contributed by atoms with Crippen LogP contribution in [0.2, 0.25) is 10.0 Å². The van der Waals surface area contributed by atoms with Crippen molar-refractivity contribution in [2.24, 2.45) is 0 Å². The van der Waals surface area contributed by atoms with Crippen LogP contribution in [-0.2, 0) is 14.8 Å². The molecule has 3 rings (SSSR count). The molecule has 2 N–H and O–H groups in total. The topological polar surface area (TPSA) is 102 Å². The van der Waals surface area contributed by atoms with Crippen LogP contribution in [0.5, 0.6) is 0 Å². The van der Waals surface area contributed by atoms with Crippen LogP contribution in [0.25, 0.3) is 0 Å². The Morgan fingerprint density at radius 1 is 0.903 bits per heavy atom. The number of anilines is 2. The number of ether oxygens (including phenoxy) is 1. The molecule has 0 spiro atoms. The highest BCUT2D eigenvalue weighted by Crippen LogP contribution is 2.27. The molecule has 1 amide bonds. The fraction of sp³-hybridized carbons (Fsp3) is 0.0476. The van der Waals surface area contributed by atoms with Gasteiger partial charge in [0.2, 0.25) is 0 Å². The van der Waals surface area contributed by atoms with Gasteiger partial charge in [0.05, 0.1) is 33.3 Å². The summed E-state index contributed by atoms with van der Waals surface area (Å²) in [6.45, 7) is 0. The van der Waals surface area contributed by atoms with Crippen molar-refractivity contribution in [2.45, 2.75) is 4.90 Å². The summed E-state index contributed by atoms with van der Waals surface area (Å²) >= 11 is 12.2. The minimum absolute atomic E-state index is 0.0403. The Labute approximate surface area is 189 Å². The largest absolute Gasteiger partial charge is 0.465 e. The second kappa shape index (κ2) is 9.38. The molecule has 0 aliphatic heterocycles. The molecule has 7 nitrogen and oxygen atoms in total. The van der Waals surface area contributed by atoms with E-state index in [1.807, 2.05) is 0 Å². The molecule has 0 fully saturated rings. The van der Waals surface area contributed by atoms with Gasteiger partial charge in [0.15, 0.2) is 0 Å². The summed E-state index contributed by atoms with van der Waals surface area (Å²) in [7, 11) is -2.61. The molecule has 10 heteroatoms. The molecule has 0 aliphatic carbocycles. The van der Waals surface area contributed by atoms with Crippen LogP contribution in [0.4, 0.5) is 11.4 Å². The molecule has 3 aromatic carbocycles. The zero-order valence-corrected chi connectivity index (χ0v) is 18.4. The van der Waals surface area contributed by atoms with E-state index in [0.29, 0.717) is 5.69 Å². The Balaban J connectivity index is 1.78.